The highest BCUT2D eigenvalue weighted by Crippen LogP contribution is 2.38. The van der Waals surface area contributed by atoms with Gasteiger partial charge >= 0.3 is 12.1 Å². The van der Waals surface area contributed by atoms with Crippen LogP contribution in [0.15, 0.2) is 42.5 Å². The number of carboxylic acid groups (broad SMARTS) is 1. The second-order valence-corrected chi connectivity index (χ2v) is 7.12. The molecule has 0 radical (unpaired) electrons. The van der Waals surface area contributed by atoms with Gasteiger partial charge in [0.1, 0.15) is 12.3 Å². The van der Waals surface area contributed by atoms with Gasteiger partial charge in [-0.15, -0.1) is 0 Å². The van der Waals surface area contributed by atoms with Crippen molar-refractivity contribution in [3.8, 4) is 5.75 Å². The Kier molecular flexibility index (Phi) is 5.19. The number of fused-ring (bicyclic) bond motifs is 1. The molecule has 0 unspecified atom stereocenters. The number of anilines is 2. The number of hydrogen-bond acceptors (Lipinski definition) is 4. The minimum atomic E-state index is -4.57. The van der Waals surface area contributed by atoms with Crippen LogP contribution < -0.4 is 15.0 Å². The number of nitrogens with zero attached hydrogens (tertiary/aromatic N) is 1. The summed E-state index contributed by atoms with van der Waals surface area (Å²) < 4.78 is 44.2. The summed E-state index contributed by atoms with van der Waals surface area (Å²) in [4.78, 5) is 37.6. The number of benzene rings is 2. The average molecular weight is 422 g/mol. The molecular formula is C20H17F3N2O5. The highest BCUT2D eigenvalue weighted by atomic mass is 19.4. The Bertz CT molecular complexity index is 1030. The zero-order valence-electron chi connectivity index (χ0n) is 15.9. The first kappa shape index (κ1) is 21.2. The average Bonchev–Trinajstić information content (AvgIpc) is 2.64. The summed E-state index contributed by atoms with van der Waals surface area (Å²) in [5, 5.41) is 11.5. The first-order valence-electron chi connectivity index (χ1n) is 8.74. The van der Waals surface area contributed by atoms with Crippen molar-refractivity contribution in [1.82, 2.24) is 0 Å². The number of carbonyl (C=O) groups excluding carboxylic acids is 2. The second-order valence-electron chi connectivity index (χ2n) is 7.12. The van der Waals surface area contributed by atoms with E-state index in [2.05, 4.69) is 5.32 Å². The number of hydrogen-bond donors (Lipinski definition) is 2. The van der Waals surface area contributed by atoms with Gasteiger partial charge in [-0.1, -0.05) is 6.07 Å². The summed E-state index contributed by atoms with van der Waals surface area (Å²) in [5.41, 5.74) is -2.38. The van der Waals surface area contributed by atoms with Crippen LogP contribution in [-0.2, 0) is 15.8 Å². The van der Waals surface area contributed by atoms with Gasteiger partial charge in [0, 0.05) is 5.69 Å². The van der Waals surface area contributed by atoms with Gasteiger partial charge in [-0.3, -0.25) is 14.5 Å². The molecule has 0 fully saturated rings. The number of carbonyl (C=O) groups is 3. The minimum absolute atomic E-state index is 0.0819. The maximum absolute atomic E-state index is 12.9. The van der Waals surface area contributed by atoms with Crippen molar-refractivity contribution in [1.29, 1.82) is 0 Å². The van der Waals surface area contributed by atoms with Crippen LogP contribution in [0.1, 0.15) is 29.8 Å². The van der Waals surface area contributed by atoms with E-state index < -0.39 is 41.7 Å². The number of carboxylic acids is 1. The summed E-state index contributed by atoms with van der Waals surface area (Å²) in [6, 6.07) is 7.96. The fourth-order valence-electron chi connectivity index (χ4n) is 2.97. The molecule has 0 saturated heterocycles. The lowest BCUT2D eigenvalue weighted by atomic mass is 10.0. The van der Waals surface area contributed by atoms with Crippen LogP contribution in [0.25, 0.3) is 0 Å². The lowest BCUT2D eigenvalue weighted by molar-refractivity contribution is -0.137. The highest BCUT2D eigenvalue weighted by molar-refractivity contribution is 6.08. The number of amides is 2. The standard InChI is InChI=1S/C20H17F3N2O5/c1-19(2)18(29)25(14-8-11(17(27)28)6-7-15(14)30-19)10-16(26)24-13-5-3-4-12(9-13)20(21,22)23/h3-9H,10H2,1-2H3,(H,24,26)(H,27,28). The van der Waals surface area contributed by atoms with Crippen LogP contribution in [0.4, 0.5) is 24.5 Å². The van der Waals surface area contributed by atoms with Crippen LogP contribution in [-0.4, -0.2) is 35.0 Å². The van der Waals surface area contributed by atoms with E-state index in [4.69, 9.17) is 4.74 Å². The summed E-state index contributed by atoms with van der Waals surface area (Å²) in [6.07, 6.45) is -4.57. The van der Waals surface area contributed by atoms with E-state index in [0.717, 1.165) is 23.1 Å². The molecule has 7 nitrogen and oxygen atoms in total. The van der Waals surface area contributed by atoms with Gasteiger partial charge in [-0.25, -0.2) is 4.79 Å². The van der Waals surface area contributed by atoms with Crippen molar-refractivity contribution in [2.75, 3.05) is 16.8 Å². The molecule has 0 bridgehead atoms. The molecule has 2 aromatic rings. The molecule has 1 aliphatic rings. The number of halogens is 3. The molecule has 2 aromatic carbocycles. The van der Waals surface area contributed by atoms with E-state index in [9.17, 15) is 32.7 Å². The lowest BCUT2D eigenvalue weighted by Gasteiger charge is -2.38. The summed E-state index contributed by atoms with van der Waals surface area (Å²) in [5.74, 6) is -2.39. The van der Waals surface area contributed by atoms with Crippen LogP contribution >= 0.6 is 0 Å². The van der Waals surface area contributed by atoms with Crippen LogP contribution in [0.5, 0.6) is 5.75 Å². The van der Waals surface area contributed by atoms with Crippen LogP contribution in [0, 0.1) is 0 Å². The highest BCUT2D eigenvalue weighted by Gasteiger charge is 2.42. The van der Waals surface area contributed by atoms with E-state index in [1.165, 1.54) is 38.1 Å². The van der Waals surface area contributed by atoms with Gasteiger partial charge in [-0.2, -0.15) is 13.2 Å². The Labute approximate surface area is 169 Å². The van der Waals surface area contributed by atoms with Crippen molar-refractivity contribution in [3.05, 3.63) is 53.6 Å². The Morgan fingerprint density at radius 1 is 1.17 bits per heavy atom. The maximum atomic E-state index is 12.9. The molecule has 10 heteroatoms. The van der Waals surface area contributed by atoms with Gasteiger partial charge in [0.05, 0.1) is 16.8 Å². The Morgan fingerprint density at radius 3 is 2.50 bits per heavy atom. The molecule has 0 atom stereocenters. The van der Waals surface area contributed by atoms with E-state index in [1.54, 1.807) is 0 Å². The molecule has 1 aliphatic heterocycles. The predicted molar refractivity (Wildman–Crippen MR) is 101 cm³/mol. The largest absolute Gasteiger partial charge is 0.478 e. The Hall–Kier alpha value is -3.56. The fraction of sp³-hybridized carbons (Fsp3) is 0.250. The Morgan fingerprint density at radius 2 is 1.87 bits per heavy atom. The normalized spacial score (nSPS) is 15.2. The SMILES string of the molecule is CC1(C)Oc2ccc(C(=O)O)cc2N(CC(=O)Nc2cccc(C(F)(F)F)c2)C1=O. The number of aromatic carboxylic acids is 1. The van der Waals surface area contributed by atoms with Crippen molar-refractivity contribution in [3.63, 3.8) is 0 Å². The number of rotatable bonds is 4. The molecule has 0 saturated carbocycles. The third-order valence-electron chi connectivity index (χ3n) is 4.40. The molecule has 0 aromatic heterocycles. The topological polar surface area (TPSA) is 95.9 Å². The number of ether oxygens (including phenoxy) is 1. The zero-order chi connectivity index (χ0) is 22.3. The molecule has 2 amide bonds. The Balaban J connectivity index is 1.88. The quantitative estimate of drug-likeness (QED) is 0.786. The smallest absolute Gasteiger partial charge is 0.416 e. The van der Waals surface area contributed by atoms with Gasteiger partial charge in [0.15, 0.2) is 5.60 Å². The third-order valence-corrected chi connectivity index (χ3v) is 4.40. The van der Waals surface area contributed by atoms with Gasteiger partial charge in [0.25, 0.3) is 5.91 Å². The van der Waals surface area contributed by atoms with E-state index in [0.29, 0.717) is 0 Å². The number of nitrogens with one attached hydrogen (secondary N) is 1. The van der Waals surface area contributed by atoms with Gasteiger partial charge in [0.2, 0.25) is 5.91 Å². The molecule has 158 valence electrons. The lowest BCUT2D eigenvalue weighted by Crippen LogP contribution is -2.54. The van der Waals surface area contributed by atoms with Crippen molar-refractivity contribution < 1.29 is 37.4 Å². The summed E-state index contributed by atoms with van der Waals surface area (Å²) in [6.45, 7) is 2.43. The van der Waals surface area contributed by atoms with Crippen LogP contribution in [0.2, 0.25) is 0 Å². The molecule has 1 heterocycles. The van der Waals surface area contributed by atoms with Gasteiger partial charge < -0.3 is 15.2 Å². The second kappa shape index (κ2) is 7.36. The minimum Gasteiger partial charge on any atom is -0.478 e. The number of alkyl halides is 3. The van der Waals surface area contributed by atoms with Gasteiger partial charge in [-0.05, 0) is 50.2 Å². The maximum Gasteiger partial charge on any atom is 0.416 e. The first-order valence-corrected chi connectivity index (χ1v) is 8.74. The predicted octanol–water partition coefficient (Wildman–Crippen LogP) is 3.55. The molecule has 30 heavy (non-hydrogen) atoms. The summed E-state index contributed by atoms with van der Waals surface area (Å²) >= 11 is 0. The summed E-state index contributed by atoms with van der Waals surface area (Å²) in [7, 11) is 0. The zero-order valence-corrected chi connectivity index (χ0v) is 15.9. The van der Waals surface area contributed by atoms with E-state index >= 15 is 0 Å². The van der Waals surface area contributed by atoms with Crippen molar-refractivity contribution in [2.24, 2.45) is 0 Å². The monoisotopic (exact) mass is 422 g/mol. The third kappa shape index (κ3) is 4.22. The van der Waals surface area contributed by atoms with Crippen molar-refractivity contribution >= 4 is 29.2 Å². The molecule has 0 spiro atoms. The molecule has 3 rings (SSSR count). The molecule has 2 N–H and O–H groups in total. The van der Waals surface area contributed by atoms with Crippen LogP contribution in [0.3, 0.4) is 0 Å². The fourth-order valence-corrected chi connectivity index (χ4v) is 2.97. The van der Waals surface area contributed by atoms with E-state index in [1.807, 2.05) is 0 Å². The van der Waals surface area contributed by atoms with Crippen molar-refractivity contribution in [2.45, 2.75) is 25.6 Å². The van der Waals surface area contributed by atoms with E-state index in [-0.39, 0.29) is 22.7 Å². The molecule has 0 aliphatic carbocycles. The molecular weight excluding hydrogens is 405 g/mol. The first-order chi connectivity index (χ1) is 13.9.